The van der Waals surface area contributed by atoms with Gasteiger partial charge in [-0.1, -0.05) is 6.07 Å². The molecule has 2 aromatic carbocycles. The van der Waals surface area contributed by atoms with E-state index in [1.54, 1.807) is 17.0 Å². The molecule has 0 radical (unpaired) electrons. The summed E-state index contributed by atoms with van der Waals surface area (Å²) >= 11 is 0. The van der Waals surface area contributed by atoms with E-state index in [0.717, 1.165) is 11.3 Å². The zero-order valence-electron chi connectivity index (χ0n) is 14.9. The average molecular weight is 355 g/mol. The number of hydrogen-bond acceptors (Lipinski definition) is 2. The molecule has 6 heteroatoms. The van der Waals surface area contributed by atoms with Crippen LogP contribution in [0.1, 0.15) is 17.5 Å². The van der Waals surface area contributed by atoms with E-state index in [-0.39, 0.29) is 23.7 Å². The maximum atomic E-state index is 13.0. The summed E-state index contributed by atoms with van der Waals surface area (Å²) < 4.78 is 13.0. The van der Waals surface area contributed by atoms with Crippen molar-refractivity contribution in [1.82, 2.24) is 5.32 Å². The van der Waals surface area contributed by atoms with Crippen LogP contribution < -0.4 is 15.5 Å². The third-order valence-corrected chi connectivity index (χ3v) is 4.66. The van der Waals surface area contributed by atoms with Gasteiger partial charge in [0.2, 0.25) is 5.91 Å². The van der Waals surface area contributed by atoms with Crippen LogP contribution in [0.25, 0.3) is 0 Å². The van der Waals surface area contributed by atoms with Crippen LogP contribution in [0.5, 0.6) is 0 Å². The molecule has 26 heavy (non-hydrogen) atoms. The van der Waals surface area contributed by atoms with Crippen molar-refractivity contribution in [2.24, 2.45) is 5.92 Å². The minimum Gasteiger partial charge on any atom is -0.338 e. The normalized spacial score (nSPS) is 16.7. The minimum absolute atomic E-state index is 0.0158. The Morgan fingerprint density at radius 2 is 1.88 bits per heavy atom. The van der Waals surface area contributed by atoms with Gasteiger partial charge >= 0.3 is 6.03 Å². The summed E-state index contributed by atoms with van der Waals surface area (Å²) in [5.41, 5.74) is 3.69. The summed E-state index contributed by atoms with van der Waals surface area (Å²) in [5.74, 6) is -0.322. The minimum atomic E-state index is -0.332. The van der Waals surface area contributed by atoms with Crippen LogP contribution in [-0.2, 0) is 4.79 Å². The molecular formula is C20H22FN3O2. The first-order chi connectivity index (χ1) is 12.4. The quantitative estimate of drug-likeness (QED) is 0.880. The first kappa shape index (κ1) is 17.9. The maximum Gasteiger partial charge on any atom is 0.319 e. The third-order valence-electron chi connectivity index (χ3n) is 4.66. The molecule has 1 heterocycles. The van der Waals surface area contributed by atoms with Gasteiger partial charge < -0.3 is 15.5 Å². The molecule has 2 aromatic rings. The second-order valence-corrected chi connectivity index (χ2v) is 6.68. The van der Waals surface area contributed by atoms with Crippen molar-refractivity contribution in [1.29, 1.82) is 0 Å². The smallest absolute Gasteiger partial charge is 0.319 e. The molecule has 1 aliphatic heterocycles. The Morgan fingerprint density at radius 3 is 2.58 bits per heavy atom. The highest BCUT2D eigenvalue weighted by molar-refractivity contribution is 5.96. The number of anilines is 2. The molecule has 0 spiro atoms. The first-order valence-electron chi connectivity index (χ1n) is 8.60. The van der Waals surface area contributed by atoms with E-state index >= 15 is 0 Å². The molecule has 1 aliphatic rings. The summed E-state index contributed by atoms with van der Waals surface area (Å²) in [6, 6.07) is 11.3. The zero-order valence-corrected chi connectivity index (χ0v) is 14.9. The van der Waals surface area contributed by atoms with Gasteiger partial charge in [0.05, 0.1) is 0 Å². The van der Waals surface area contributed by atoms with Gasteiger partial charge in [-0.05, 0) is 61.4 Å². The molecule has 5 nitrogen and oxygen atoms in total. The van der Waals surface area contributed by atoms with Gasteiger partial charge in [-0.15, -0.1) is 0 Å². The van der Waals surface area contributed by atoms with Crippen LogP contribution in [0.4, 0.5) is 20.6 Å². The Kier molecular flexibility index (Phi) is 5.21. The lowest BCUT2D eigenvalue weighted by atomic mass is 10.1. The Bertz CT molecular complexity index is 820. The van der Waals surface area contributed by atoms with Crippen LogP contribution in [-0.4, -0.2) is 25.0 Å². The van der Waals surface area contributed by atoms with Gasteiger partial charge in [-0.25, -0.2) is 9.18 Å². The van der Waals surface area contributed by atoms with Crippen molar-refractivity contribution >= 4 is 23.3 Å². The topological polar surface area (TPSA) is 61.4 Å². The Hall–Kier alpha value is -2.89. The first-order valence-corrected chi connectivity index (χ1v) is 8.60. The fraction of sp³-hybridized carbons (Fsp3) is 0.300. The molecule has 0 bridgehead atoms. The SMILES string of the molecule is Cc1ccc(NC(=O)NCC2CC(=O)N(c3ccc(F)cc3)C2)cc1C. The lowest BCUT2D eigenvalue weighted by Gasteiger charge is -2.17. The number of halogens is 1. The van der Waals surface area contributed by atoms with Crippen LogP contribution in [0, 0.1) is 25.6 Å². The van der Waals surface area contributed by atoms with E-state index in [1.165, 1.54) is 17.7 Å². The molecule has 3 amide bonds. The number of aryl methyl sites for hydroxylation is 2. The molecule has 136 valence electrons. The van der Waals surface area contributed by atoms with Crippen molar-refractivity contribution in [3.05, 3.63) is 59.4 Å². The van der Waals surface area contributed by atoms with E-state index in [4.69, 9.17) is 0 Å². The van der Waals surface area contributed by atoms with Crippen LogP contribution in [0.15, 0.2) is 42.5 Å². The highest BCUT2D eigenvalue weighted by atomic mass is 19.1. The molecule has 0 aliphatic carbocycles. The predicted molar refractivity (Wildman–Crippen MR) is 99.8 cm³/mol. The average Bonchev–Trinajstić information content (AvgIpc) is 2.98. The number of nitrogens with zero attached hydrogens (tertiary/aromatic N) is 1. The summed E-state index contributed by atoms with van der Waals surface area (Å²) in [5, 5.41) is 5.62. The second-order valence-electron chi connectivity index (χ2n) is 6.68. The maximum absolute atomic E-state index is 13.0. The van der Waals surface area contributed by atoms with E-state index in [0.29, 0.717) is 25.2 Å². The van der Waals surface area contributed by atoms with Crippen LogP contribution in [0.3, 0.4) is 0 Å². The summed E-state index contributed by atoms with van der Waals surface area (Å²) in [6.45, 7) is 4.92. The van der Waals surface area contributed by atoms with E-state index in [1.807, 2.05) is 32.0 Å². The molecule has 0 saturated carbocycles. The monoisotopic (exact) mass is 355 g/mol. The number of nitrogens with one attached hydrogen (secondary N) is 2. The fourth-order valence-corrected chi connectivity index (χ4v) is 3.02. The number of urea groups is 1. The lowest BCUT2D eigenvalue weighted by molar-refractivity contribution is -0.117. The lowest BCUT2D eigenvalue weighted by Crippen LogP contribution is -2.34. The van der Waals surface area contributed by atoms with Crippen molar-refractivity contribution < 1.29 is 14.0 Å². The number of benzene rings is 2. The van der Waals surface area contributed by atoms with Crippen LogP contribution >= 0.6 is 0 Å². The van der Waals surface area contributed by atoms with Crippen molar-refractivity contribution in [3.63, 3.8) is 0 Å². The third kappa shape index (κ3) is 4.20. The summed E-state index contributed by atoms with van der Waals surface area (Å²) in [4.78, 5) is 25.9. The number of hydrogen-bond donors (Lipinski definition) is 2. The molecule has 1 fully saturated rings. The molecule has 2 N–H and O–H groups in total. The van der Waals surface area contributed by atoms with Gasteiger partial charge in [0.15, 0.2) is 0 Å². The zero-order chi connectivity index (χ0) is 18.7. The fourth-order valence-electron chi connectivity index (χ4n) is 3.02. The van der Waals surface area contributed by atoms with Gasteiger partial charge in [0, 0.05) is 36.8 Å². The standard InChI is InChI=1S/C20H22FN3O2/c1-13-3-6-17(9-14(13)2)23-20(26)22-11-15-10-19(25)24(12-15)18-7-4-16(21)5-8-18/h3-9,15H,10-12H2,1-2H3,(H2,22,23,26). The van der Waals surface area contributed by atoms with Gasteiger partial charge in [-0.2, -0.15) is 0 Å². The largest absolute Gasteiger partial charge is 0.338 e. The molecule has 1 saturated heterocycles. The van der Waals surface area contributed by atoms with Gasteiger partial charge in [0.25, 0.3) is 0 Å². The predicted octanol–water partition coefficient (Wildman–Crippen LogP) is 3.62. The van der Waals surface area contributed by atoms with Gasteiger partial charge in [-0.3, -0.25) is 4.79 Å². The number of amides is 3. The Morgan fingerprint density at radius 1 is 1.15 bits per heavy atom. The Labute approximate surface area is 152 Å². The van der Waals surface area contributed by atoms with E-state index in [9.17, 15) is 14.0 Å². The van der Waals surface area contributed by atoms with Crippen molar-refractivity contribution in [3.8, 4) is 0 Å². The van der Waals surface area contributed by atoms with Gasteiger partial charge in [0.1, 0.15) is 5.82 Å². The summed E-state index contributed by atoms with van der Waals surface area (Å²) in [7, 11) is 0. The second kappa shape index (κ2) is 7.56. The number of carbonyl (C=O) groups excluding carboxylic acids is 2. The van der Waals surface area contributed by atoms with Crippen molar-refractivity contribution in [2.75, 3.05) is 23.3 Å². The molecule has 3 rings (SSSR count). The number of rotatable bonds is 4. The molecule has 1 unspecified atom stereocenters. The Balaban J connectivity index is 1.52. The molecule has 1 atom stereocenters. The highest BCUT2D eigenvalue weighted by Crippen LogP contribution is 2.25. The van der Waals surface area contributed by atoms with Crippen molar-refractivity contribution in [2.45, 2.75) is 20.3 Å². The summed E-state index contributed by atoms with van der Waals surface area (Å²) in [6.07, 6.45) is 0.362. The van der Waals surface area contributed by atoms with E-state index < -0.39 is 0 Å². The van der Waals surface area contributed by atoms with Crippen LogP contribution in [0.2, 0.25) is 0 Å². The number of carbonyl (C=O) groups is 2. The molecule has 0 aromatic heterocycles. The highest BCUT2D eigenvalue weighted by Gasteiger charge is 2.30. The molecular weight excluding hydrogens is 333 g/mol. The van der Waals surface area contributed by atoms with E-state index in [2.05, 4.69) is 10.6 Å².